The van der Waals surface area contributed by atoms with E-state index in [0.29, 0.717) is 18.7 Å². The summed E-state index contributed by atoms with van der Waals surface area (Å²) in [6, 6.07) is 3.89. The van der Waals surface area contributed by atoms with Crippen molar-refractivity contribution in [3.8, 4) is 0 Å². The molecule has 0 saturated carbocycles. The number of nitrogens with one attached hydrogen (secondary N) is 2. The van der Waals surface area contributed by atoms with Gasteiger partial charge in [0, 0.05) is 31.5 Å². The normalized spacial score (nSPS) is 17.8. The molecule has 1 aliphatic heterocycles. The first-order chi connectivity index (χ1) is 10.3. The number of carbonyl (C=O) groups excluding carboxylic acids is 1. The van der Waals surface area contributed by atoms with E-state index in [4.69, 9.17) is 4.74 Å². The summed E-state index contributed by atoms with van der Waals surface area (Å²) < 4.78 is 5.37. The zero-order valence-corrected chi connectivity index (χ0v) is 11.7. The number of rotatable bonds is 5. The SMILES string of the molecule is O=C(NCCc1cccnc1)c1cn[nH]c1[C@H]1CCOC1. The Labute approximate surface area is 122 Å². The van der Waals surface area contributed by atoms with Crippen LogP contribution in [0.2, 0.25) is 0 Å². The van der Waals surface area contributed by atoms with Gasteiger partial charge in [0.05, 0.1) is 24.1 Å². The first-order valence-corrected chi connectivity index (χ1v) is 7.12. The fraction of sp³-hybridized carbons (Fsp3) is 0.400. The molecule has 3 heterocycles. The van der Waals surface area contributed by atoms with Gasteiger partial charge in [-0.3, -0.25) is 14.9 Å². The standard InChI is InChI=1S/C15H18N4O2/c20-15(17-6-3-11-2-1-5-16-8-11)13-9-18-19-14(13)12-4-7-21-10-12/h1-2,5,8-9,12H,3-4,6-7,10H2,(H,17,20)(H,18,19)/t12-/m0/s1. The highest BCUT2D eigenvalue weighted by Gasteiger charge is 2.24. The molecule has 1 fully saturated rings. The Bertz CT molecular complexity index is 591. The van der Waals surface area contributed by atoms with Crippen LogP contribution in [0.15, 0.2) is 30.7 Å². The highest BCUT2D eigenvalue weighted by Crippen LogP contribution is 2.25. The summed E-state index contributed by atoms with van der Waals surface area (Å²) in [4.78, 5) is 16.3. The Morgan fingerprint density at radius 3 is 3.19 bits per heavy atom. The van der Waals surface area contributed by atoms with Crippen LogP contribution in [0.25, 0.3) is 0 Å². The quantitative estimate of drug-likeness (QED) is 0.867. The Morgan fingerprint density at radius 1 is 1.48 bits per heavy atom. The van der Waals surface area contributed by atoms with Crippen molar-refractivity contribution in [1.82, 2.24) is 20.5 Å². The van der Waals surface area contributed by atoms with E-state index in [2.05, 4.69) is 20.5 Å². The Kier molecular flexibility index (Phi) is 4.25. The maximum Gasteiger partial charge on any atom is 0.254 e. The lowest BCUT2D eigenvalue weighted by molar-refractivity contribution is 0.0952. The van der Waals surface area contributed by atoms with E-state index in [1.54, 1.807) is 12.4 Å². The van der Waals surface area contributed by atoms with Crippen LogP contribution in [0.3, 0.4) is 0 Å². The monoisotopic (exact) mass is 286 g/mol. The summed E-state index contributed by atoms with van der Waals surface area (Å²) >= 11 is 0. The molecule has 21 heavy (non-hydrogen) atoms. The molecule has 1 amide bonds. The van der Waals surface area contributed by atoms with Crippen LogP contribution >= 0.6 is 0 Å². The number of aromatic amines is 1. The minimum absolute atomic E-state index is 0.0884. The number of carbonyl (C=O) groups is 1. The number of hydrogen-bond donors (Lipinski definition) is 2. The van der Waals surface area contributed by atoms with Gasteiger partial charge >= 0.3 is 0 Å². The predicted octanol–water partition coefficient (Wildman–Crippen LogP) is 1.28. The number of pyridine rings is 1. The molecule has 1 atom stereocenters. The van der Waals surface area contributed by atoms with Gasteiger partial charge in [0.15, 0.2) is 0 Å². The number of hydrogen-bond acceptors (Lipinski definition) is 4. The second-order valence-corrected chi connectivity index (χ2v) is 5.13. The van der Waals surface area contributed by atoms with Crippen molar-refractivity contribution >= 4 is 5.91 Å². The van der Waals surface area contributed by atoms with Crippen LogP contribution in [0, 0.1) is 0 Å². The number of ether oxygens (including phenoxy) is 1. The van der Waals surface area contributed by atoms with Gasteiger partial charge in [0.25, 0.3) is 5.91 Å². The average molecular weight is 286 g/mol. The largest absolute Gasteiger partial charge is 0.381 e. The van der Waals surface area contributed by atoms with Gasteiger partial charge in [-0.05, 0) is 24.5 Å². The maximum atomic E-state index is 12.2. The highest BCUT2D eigenvalue weighted by atomic mass is 16.5. The third kappa shape index (κ3) is 3.28. The number of nitrogens with zero attached hydrogens (tertiary/aromatic N) is 2. The van der Waals surface area contributed by atoms with Crippen LogP contribution in [-0.2, 0) is 11.2 Å². The second kappa shape index (κ2) is 6.49. The van der Waals surface area contributed by atoms with Gasteiger partial charge in [-0.1, -0.05) is 6.07 Å². The third-order valence-electron chi connectivity index (χ3n) is 3.67. The van der Waals surface area contributed by atoms with Gasteiger partial charge in [0.2, 0.25) is 0 Å². The Morgan fingerprint density at radius 2 is 2.43 bits per heavy atom. The van der Waals surface area contributed by atoms with Gasteiger partial charge < -0.3 is 10.1 Å². The fourth-order valence-electron chi connectivity index (χ4n) is 2.51. The van der Waals surface area contributed by atoms with Crippen LogP contribution in [0.5, 0.6) is 0 Å². The maximum absolute atomic E-state index is 12.2. The van der Waals surface area contributed by atoms with E-state index in [1.807, 2.05) is 18.3 Å². The fourth-order valence-corrected chi connectivity index (χ4v) is 2.51. The molecule has 1 aliphatic rings. The first-order valence-electron chi connectivity index (χ1n) is 7.12. The van der Waals surface area contributed by atoms with Crippen molar-refractivity contribution in [2.45, 2.75) is 18.8 Å². The van der Waals surface area contributed by atoms with E-state index < -0.39 is 0 Å². The highest BCUT2D eigenvalue weighted by molar-refractivity contribution is 5.95. The predicted molar refractivity (Wildman–Crippen MR) is 77.0 cm³/mol. The molecule has 0 bridgehead atoms. The molecular formula is C15H18N4O2. The van der Waals surface area contributed by atoms with Crippen molar-refractivity contribution in [3.63, 3.8) is 0 Å². The lowest BCUT2D eigenvalue weighted by Gasteiger charge is -2.09. The second-order valence-electron chi connectivity index (χ2n) is 5.13. The summed E-state index contributed by atoms with van der Waals surface area (Å²) in [5.41, 5.74) is 2.61. The molecule has 0 spiro atoms. The molecule has 6 nitrogen and oxygen atoms in total. The molecule has 0 unspecified atom stereocenters. The first kappa shape index (κ1) is 13.8. The molecular weight excluding hydrogens is 268 g/mol. The van der Waals surface area contributed by atoms with Gasteiger partial charge in [-0.2, -0.15) is 5.10 Å². The minimum atomic E-state index is -0.0884. The molecule has 2 aromatic rings. The van der Waals surface area contributed by atoms with Crippen molar-refractivity contribution in [3.05, 3.63) is 47.5 Å². The van der Waals surface area contributed by atoms with E-state index >= 15 is 0 Å². The molecule has 110 valence electrons. The van der Waals surface area contributed by atoms with Gasteiger partial charge in [-0.25, -0.2) is 0 Å². The Hall–Kier alpha value is -2.21. The van der Waals surface area contributed by atoms with E-state index in [-0.39, 0.29) is 11.8 Å². The molecule has 2 N–H and O–H groups in total. The molecule has 1 saturated heterocycles. The molecule has 6 heteroatoms. The van der Waals surface area contributed by atoms with Crippen molar-refractivity contribution in [1.29, 1.82) is 0 Å². The lowest BCUT2D eigenvalue weighted by atomic mass is 10.0. The molecule has 3 rings (SSSR count). The van der Waals surface area contributed by atoms with Gasteiger partial charge in [-0.15, -0.1) is 0 Å². The number of H-pyrrole nitrogens is 1. The van der Waals surface area contributed by atoms with Crippen molar-refractivity contribution in [2.75, 3.05) is 19.8 Å². The van der Waals surface area contributed by atoms with Gasteiger partial charge in [0.1, 0.15) is 0 Å². The van der Waals surface area contributed by atoms with E-state index in [1.165, 1.54) is 0 Å². The minimum Gasteiger partial charge on any atom is -0.381 e. The Balaban J connectivity index is 1.57. The lowest BCUT2D eigenvalue weighted by Crippen LogP contribution is -2.26. The summed E-state index contributed by atoms with van der Waals surface area (Å²) in [5.74, 6) is 0.154. The van der Waals surface area contributed by atoms with E-state index in [9.17, 15) is 4.79 Å². The van der Waals surface area contributed by atoms with Crippen LogP contribution in [0.1, 0.15) is 34.0 Å². The van der Waals surface area contributed by atoms with Crippen LogP contribution < -0.4 is 5.32 Å². The molecule has 0 aliphatic carbocycles. The average Bonchev–Trinajstić information content (AvgIpc) is 3.19. The van der Waals surface area contributed by atoms with Crippen LogP contribution in [-0.4, -0.2) is 40.8 Å². The smallest absolute Gasteiger partial charge is 0.254 e. The zero-order chi connectivity index (χ0) is 14.5. The zero-order valence-electron chi connectivity index (χ0n) is 11.7. The molecule has 0 aromatic carbocycles. The topological polar surface area (TPSA) is 79.9 Å². The summed E-state index contributed by atoms with van der Waals surface area (Å²) in [6.45, 7) is 1.97. The van der Waals surface area contributed by atoms with Crippen molar-refractivity contribution in [2.24, 2.45) is 0 Å². The summed E-state index contributed by atoms with van der Waals surface area (Å²) in [7, 11) is 0. The third-order valence-corrected chi connectivity index (χ3v) is 3.67. The summed E-state index contributed by atoms with van der Waals surface area (Å²) in [5, 5.41) is 9.87. The molecule has 0 radical (unpaired) electrons. The number of amides is 1. The number of aromatic nitrogens is 3. The van der Waals surface area contributed by atoms with E-state index in [0.717, 1.165) is 30.7 Å². The summed E-state index contributed by atoms with van der Waals surface area (Å²) in [6.07, 6.45) is 6.83. The van der Waals surface area contributed by atoms with Crippen LogP contribution in [0.4, 0.5) is 0 Å². The molecule has 2 aromatic heterocycles. The van der Waals surface area contributed by atoms with Crippen molar-refractivity contribution < 1.29 is 9.53 Å².